The molecule has 1 aliphatic rings. The van der Waals surface area contributed by atoms with E-state index in [1.54, 1.807) is 13.8 Å². The van der Waals surface area contributed by atoms with Gasteiger partial charge in [-0.15, -0.1) is 0 Å². The predicted octanol–water partition coefficient (Wildman–Crippen LogP) is 0.279. The van der Waals surface area contributed by atoms with Gasteiger partial charge in [0.25, 0.3) is 0 Å². The molecule has 4 heteroatoms. The molecule has 4 nitrogen and oxygen atoms in total. The van der Waals surface area contributed by atoms with Crippen molar-refractivity contribution < 1.29 is 20.4 Å². The van der Waals surface area contributed by atoms with Crippen molar-refractivity contribution in [1.29, 1.82) is 0 Å². The Balaban J connectivity index is 0.000000265. The maximum atomic E-state index is 8.92. The molecular weight excluding hydrogens is 196 g/mol. The fourth-order valence-corrected chi connectivity index (χ4v) is 1.11. The van der Waals surface area contributed by atoms with E-state index in [2.05, 4.69) is 0 Å². The zero-order valence-corrected chi connectivity index (χ0v) is 9.69. The lowest BCUT2D eigenvalue weighted by atomic mass is 9.95. The van der Waals surface area contributed by atoms with Crippen molar-refractivity contribution in [2.75, 3.05) is 13.2 Å². The van der Waals surface area contributed by atoms with Gasteiger partial charge in [0.1, 0.15) is 0 Å². The van der Waals surface area contributed by atoms with Gasteiger partial charge in [-0.25, -0.2) is 0 Å². The molecule has 0 amide bonds. The third-order valence-electron chi connectivity index (χ3n) is 2.52. The molecule has 0 aromatic rings. The topological polar surface area (TPSA) is 80.9 Å². The highest BCUT2D eigenvalue weighted by molar-refractivity contribution is 4.69. The monoisotopic (exact) mass is 220 g/mol. The largest absolute Gasteiger partial charge is 0.396 e. The van der Waals surface area contributed by atoms with Crippen molar-refractivity contribution in [3.63, 3.8) is 0 Å². The van der Waals surface area contributed by atoms with Gasteiger partial charge in [0.2, 0.25) is 0 Å². The van der Waals surface area contributed by atoms with Crippen LogP contribution in [0.1, 0.15) is 39.5 Å². The van der Waals surface area contributed by atoms with E-state index in [9.17, 15) is 0 Å². The van der Waals surface area contributed by atoms with Gasteiger partial charge in [-0.1, -0.05) is 13.8 Å². The lowest BCUT2D eigenvalue weighted by molar-refractivity contribution is 0.0541. The summed E-state index contributed by atoms with van der Waals surface area (Å²) in [6, 6.07) is 0. The number of rotatable bonds is 2. The van der Waals surface area contributed by atoms with Gasteiger partial charge in [0, 0.05) is 5.41 Å². The lowest BCUT2D eigenvalue weighted by Crippen LogP contribution is -2.21. The molecule has 0 spiro atoms. The van der Waals surface area contributed by atoms with E-state index < -0.39 is 0 Å². The Bertz CT molecular complexity index is 135. The van der Waals surface area contributed by atoms with Gasteiger partial charge in [-0.2, -0.15) is 0 Å². The van der Waals surface area contributed by atoms with Crippen molar-refractivity contribution in [2.24, 2.45) is 5.41 Å². The maximum absolute atomic E-state index is 8.92. The fraction of sp³-hybridized carbons (Fsp3) is 1.00. The molecule has 0 bridgehead atoms. The molecule has 0 aromatic heterocycles. The highest BCUT2D eigenvalue weighted by Gasteiger charge is 2.16. The van der Waals surface area contributed by atoms with Crippen LogP contribution in [-0.2, 0) is 0 Å². The zero-order valence-electron chi connectivity index (χ0n) is 9.69. The Morgan fingerprint density at radius 3 is 1.27 bits per heavy atom. The number of aliphatic hydroxyl groups excluding tert-OH is 4. The van der Waals surface area contributed by atoms with Gasteiger partial charge in [-0.05, 0) is 25.7 Å². The Hall–Kier alpha value is -0.160. The summed E-state index contributed by atoms with van der Waals surface area (Å²) in [4.78, 5) is 0. The molecule has 0 atom stereocenters. The van der Waals surface area contributed by atoms with E-state index in [4.69, 9.17) is 20.4 Å². The molecule has 1 aliphatic carbocycles. The highest BCUT2D eigenvalue weighted by Crippen LogP contribution is 2.17. The van der Waals surface area contributed by atoms with Crippen molar-refractivity contribution in [3.8, 4) is 0 Å². The van der Waals surface area contributed by atoms with E-state index >= 15 is 0 Å². The standard InChI is InChI=1S/C6H12O2.C5H12O2/c7-5-1-2-6(8)4-3-5;1-5(2,3-6)4-7/h5-8H,1-4H2;6-7H,3-4H2,1-2H3. The molecule has 0 aliphatic heterocycles. The van der Waals surface area contributed by atoms with E-state index in [0.29, 0.717) is 0 Å². The fourth-order valence-electron chi connectivity index (χ4n) is 1.11. The van der Waals surface area contributed by atoms with Crippen molar-refractivity contribution >= 4 is 0 Å². The SMILES string of the molecule is CC(C)(CO)CO.OC1CCC(O)CC1. The second-order valence-electron chi connectivity index (χ2n) is 4.94. The van der Waals surface area contributed by atoms with Crippen molar-refractivity contribution in [1.82, 2.24) is 0 Å². The predicted molar refractivity (Wildman–Crippen MR) is 58.4 cm³/mol. The first-order valence-corrected chi connectivity index (χ1v) is 5.49. The normalized spacial score (nSPS) is 26.8. The molecular formula is C11H24O4. The van der Waals surface area contributed by atoms with E-state index in [0.717, 1.165) is 25.7 Å². The van der Waals surface area contributed by atoms with Crippen LogP contribution >= 0.6 is 0 Å². The summed E-state index contributed by atoms with van der Waals surface area (Å²) < 4.78 is 0. The molecule has 1 fully saturated rings. The summed E-state index contributed by atoms with van der Waals surface area (Å²) >= 11 is 0. The first kappa shape index (κ1) is 14.8. The van der Waals surface area contributed by atoms with Crippen LogP contribution in [0.25, 0.3) is 0 Å². The third-order valence-corrected chi connectivity index (χ3v) is 2.52. The number of hydrogen-bond acceptors (Lipinski definition) is 4. The van der Waals surface area contributed by atoms with E-state index in [-0.39, 0.29) is 30.8 Å². The molecule has 1 rings (SSSR count). The van der Waals surface area contributed by atoms with Gasteiger partial charge in [0.05, 0.1) is 25.4 Å². The Morgan fingerprint density at radius 2 is 1.13 bits per heavy atom. The van der Waals surface area contributed by atoms with Crippen LogP contribution in [0.5, 0.6) is 0 Å². The Morgan fingerprint density at radius 1 is 0.867 bits per heavy atom. The molecule has 0 aromatic carbocycles. The molecule has 0 radical (unpaired) electrons. The molecule has 0 saturated heterocycles. The van der Waals surface area contributed by atoms with Crippen LogP contribution in [0.15, 0.2) is 0 Å². The Kier molecular flexibility index (Phi) is 7.09. The third kappa shape index (κ3) is 7.73. The zero-order chi connectivity index (χ0) is 11.9. The first-order chi connectivity index (χ1) is 6.91. The van der Waals surface area contributed by atoms with Gasteiger partial charge >= 0.3 is 0 Å². The van der Waals surface area contributed by atoms with E-state index in [1.165, 1.54) is 0 Å². The van der Waals surface area contributed by atoms with Crippen LogP contribution in [0.2, 0.25) is 0 Å². The molecule has 4 N–H and O–H groups in total. The average Bonchev–Trinajstić information content (AvgIpc) is 2.23. The van der Waals surface area contributed by atoms with Crippen LogP contribution < -0.4 is 0 Å². The van der Waals surface area contributed by atoms with Crippen molar-refractivity contribution in [2.45, 2.75) is 51.7 Å². The minimum Gasteiger partial charge on any atom is -0.396 e. The summed E-state index contributed by atoms with van der Waals surface area (Å²) in [5.74, 6) is 0. The van der Waals surface area contributed by atoms with Crippen LogP contribution in [0.3, 0.4) is 0 Å². The summed E-state index contributed by atoms with van der Waals surface area (Å²) in [6.07, 6.45) is 2.83. The summed E-state index contributed by atoms with van der Waals surface area (Å²) in [5.41, 5.74) is -0.306. The molecule has 0 unspecified atom stereocenters. The Labute approximate surface area is 91.6 Å². The minimum atomic E-state index is -0.306. The average molecular weight is 220 g/mol. The summed E-state index contributed by atoms with van der Waals surface area (Å²) in [5, 5.41) is 34.7. The second-order valence-corrected chi connectivity index (χ2v) is 4.94. The van der Waals surface area contributed by atoms with E-state index in [1.807, 2.05) is 0 Å². The summed E-state index contributed by atoms with van der Waals surface area (Å²) in [6.45, 7) is 3.69. The quantitative estimate of drug-likeness (QED) is 0.539. The van der Waals surface area contributed by atoms with Gasteiger partial charge in [-0.3, -0.25) is 0 Å². The second kappa shape index (κ2) is 7.17. The number of hydrogen-bond donors (Lipinski definition) is 4. The van der Waals surface area contributed by atoms with Crippen LogP contribution in [0, 0.1) is 5.41 Å². The smallest absolute Gasteiger partial charge is 0.0542 e. The van der Waals surface area contributed by atoms with Crippen LogP contribution in [0.4, 0.5) is 0 Å². The molecule has 15 heavy (non-hydrogen) atoms. The maximum Gasteiger partial charge on any atom is 0.0542 e. The van der Waals surface area contributed by atoms with Crippen molar-refractivity contribution in [3.05, 3.63) is 0 Å². The highest BCUT2D eigenvalue weighted by atomic mass is 16.3. The number of aliphatic hydroxyl groups is 4. The van der Waals surface area contributed by atoms with Gasteiger partial charge < -0.3 is 20.4 Å². The molecule has 0 heterocycles. The van der Waals surface area contributed by atoms with Crippen LogP contribution in [-0.4, -0.2) is 45.8 Å². The summed E-state index contributed by atoms with van der Waals surface area (Å²) in [7, 11) is 0. The lowest BCUT2D eigenvalue weighted by Gasteiger charge is -2.20. The molecule has 1 saturated carbocycles. The van der Waals surface area contributed by atoms with Gasteiger partial charge in [0.15, 0.2) is 0 Å². The molecule has 92 valence electrons. The first-order valence-electron chi connectivity index (χ1n) is 5.49. The minimum absolute atomic E-state index is 0.0451.